The summed E-state index contributed by atoms with van der Waals surface area (Å²) in [4.78, 5) is 4.48. The number of hydrogen-bond donors (Lipinski definition) is 0. The largest absolute Gasteiger partial charge is 0.269 e. The lowest BCUT2D eigenvalue weighted by Gasteiger charge is -2.07. The van der Waals surface area contributed by atoms with Crippen LogP contribution in [0.25, 0.3) is 11.0 Å². The van der Waals surface area contributed by atoms with E-state index in [1.54, 1.807) is 42.7 Å². The fourth-order valence-electron chi connectivity index (χ4n) is 2.27. The van der Waals surface area contributed by atoms with Gasteiger partial charge in [-0.1, -0.05) is 17.7 Å². The number of benzene rings is 1. The molecule has 3 rings (SSSR count). The molecule has 3 aromatic rings. The lowest BCUT2D eigenvalue weighted by atomic mass is 10.2. The molecule has 0 saturated carbocycles. The maximum Gasteiger partial charge on any atom is 0.269 e. The minimum atomic E-state index is -3.64. The molecule has 0 aliphatic rings. The molecule has 0 aliphatic carbocycles. The highest BCUT2D eigenvalue weighted by Gasteiger charge is 2.21. The molecule has 108 valence electrons. The summed E-state index contributed by atoms with van der Waals surface area (Å²) in [5, 5.41) is 0.813. The van der Waals surface area contributed by atoms with Crippen LogP contribution >= 0.6 is 15.9 Å². The molecular formula is C15H13BrN2O2S. The normalized spacial score (nSPS) is 12.0. The van der Waals surface area contributed by atoms with Crippen molar-refractivity contribution < 1.29 is 8.42 Å². The van der Waals surface area contributed by atoms with E-state index in [-0.39, 0.29) is 4.90 Å². The van der Waals surface area contributed by atoms with Gasteiger partial charge in [-0.05, 0) is 53.5 Å². The van der Waals surface area contributed by atoms with Crippen molar-refractivity contribution in [2.75, 3.05) is 0 Å². The Hall–Kier alpha value is -1.66. The minimum Gasteiger partial charge on any atom is -0.237 e. The van der Waals surface area contributed by atoms with Gasteiger partial charge in [0.25, 0.3) is 10.0 Å². The Morgan fingerprint density at radius 1 is 1.10 bits per heavy atom. The first-order valence-corrected chi connectivity index (χ1v) is 8.59. The molecule has 4 nitrogen and oxygen atoms in total. The lowest BCUT2D eigenvalue weighted by molar-refractivity contribution is 0.588. The third-order valence-corrected chi connectivity index (χ3v) is 5.70. The van der Waals surface area contributed by atoms with E-state index in [9.17, 15) is 8.42 Å². The number of halogens is 1. The van der Waals surface area contributed by atoms with Crippen molar-refractivity contribution in [3.05, 3.63) is 58.3 Å². The number of nitrogens with zero attached hydrogens (tertiary/aromatic N) is 2. The Morgan fingerprint density at radius 3 is 2.43 bits per heavy atom. The van der Waals surface area contributed by atoms with Gasteiger partial charge in [0.1, 0.15) is 0 Å². The molecule has 0 bridgehead atoms. The van der Waals surface area contributed by atoms with Crippen molar-refractivity contribution in [1.29, 1.82) is 0 Å². The molecular weight excluding hydrogens is 352 g/mol. The molecule has 6 heteroatoms. The van der Waals surface area contributed by atoms with Gasteiger partial charge in [-0.25, -0.2) is 17.4 Å². The third kappa shape index (κ3) is 2.28. The average molecular weight is 365 g/mol. The molecule has 0 fully saturated rings. The van der Waals surface area contributed by atoms with Crippen LogP contribution in [0.4, 0.5) is 0 Å². The Labute approximate surface area is 131 Å². The molecule has 0 atom stereocenters. The van der Waals surface area contributed by atoms with Crippen molar-refractivity contribution in [3.63, 3.8) is 0 Å². The second kappa shape index (κ2) is 4.96. The molecule has 21 heavy (non-hydrogen) atoms. The maximum atomic E-state index is 12.8. The molecule has 1 aromatic carbocycles. The summed E-state index contributed by atoms with van der Waals surface area (Å²) in [6.45, 7) is 3.79. The summed E-state index contributed by atoms with van der Waals surface area (Å²) in [6.07, 6.45) is 3.20. The van der Waals surface area contributed by atoms with Crippen LogP contribution in [0.1, 0.15) is 11.1 Å². The first-order chi connectivity index (χ1) is 9.91. The zero-order chi connectivity index (χ0) is 15.2. The van der Waals surface area contributed by atoms with Crippen LogP contribution in [0.2, 0.25) is 0 Å². The van der Waals surface area contributed by atoms with E-state index in [4.69, 9.17) is 0 Å². The second-order valence-electron chi connectivity index (χ2n) is 4.92. The van der Waals surface area contributed by atoms with Crippen LogP contribution in [0, 0.1) is 13.8 Å². The van der Waals surface area contributed by atoms with Gasteiger partial charge in [0.15, 0.2) is 5.65 Å². The fourth-order valence-corrected chi connectivity index (χ4v) is 4.25. The highest BCUT2D eigenvalue weighted by Crippen LogP contribution is 2.29. The summed E-state index contributed by atoms with van der Waals surface area (Å²) in [5.74, 6) is 0. The van der Waals surface area contributed by atoms with Gasteiger partial charge < -0.3 is 0 Å². The number of aryl methyl sites for hydroxylation is 2. The molecule has 0 radical (unpaired) electrons. The Morgan fingerprint density at radius 2 is 1.76 bits per heavy atom. The minimum absolute atomic E-state index is 0.256. The van der Waals surface area contributed by atoms with Gasteiger partial charge in [0.2, 0.25) is 0 Å². The van der Waals surface area contributed by atoms with Crippen molar-refractivity contribution in [1.82, 2.24) is 8.96 Å². The zero-order valence-corrected chi connectivity index (χ0v) is 13.9. The highest BCUT2D eigenvalue weighted by molar-refractivity contribution is 9.10. The molecule has 0 saturated heterocycles. The maximum absolute atomic E-state index is 12.8. The Bertz CT molecular complexity index is 928. The van der Waals surface area contributed by atoms with E-state index in [2.05, 4.69) is 20.9 Å². The van der Waals surface area contributed by atoms with Gasteiger partial charge in [-0.3, -0.25) is 0 Å². The number of hydrogen-bond acceptors (Lipinski definition) is 3. The lowest BCUT2D eigenvalue weighted by Crippen LogP contribution is -2.12. The first-order valence-electron chi connectivity index (χ1n) is 6.35. The summed E-state index contributed by atoms with van der Waals surface area (Å²) < 4.78 is 27.7. The average Bonchev–Trinajstić information content (AvgIpc) is 2.79. The molecule has 0 unspecified atom stereocenters. The third-order valence-electron chi connectivity index (χ3n) is 3.37. The SMILES string of the molecule is Cc1ccc(S(=O)(=O)n2cc(C)c3c(Br)ccnc32)cc1. The topological polar surface area (TPSA) is 52.0 Å². The number of rotatable bonds is 2. The van der Waals surface area contributed by atoms with Gasteiger partial charge in [0, 0.05) is 22.3 Å². The van der Waals surface area contributed by atoms with Crippen molar-refractivity contribution in [2.45, 2.75) is 18.7 Å². The van der Waals surface area contributed by atoms with Crippen molar-refractivity contribution in [2.24, 2.45) is 0 Å². The molecule has 2 aromatic heterocycles. The number of aromatic nitrogens is 2. The van der Waals surface area contributed by atoms with E-state index in [1.165, 1.54) is 3.97 Å². The predicted molar refractivity (Wildman–Crippen MR) is 85.9 cm³/mol. The highest BCUT2D eigenvalue weighted by atomic mass is 79.9. The summed E-state index contributed by atoms with van der Waals surface area (Å²) in [5.41, 5.74) is 2.31. The molecule has 2 heterocycles. The Kier molecular flexibility index (Phi) is 3.37. The quantitative estimate of drug-likeness (QED) is 0.697. The molecule has 0 amide bonds. The number of pyridine rings is 1. The summed E-state index contributed by atoms with van der Waals surface area (Å²) in [6, 6.07) is 8.61. The smallest absolute Gasteiger partial charge is 0.237 e. The van der Waals surface area contributed by atoms with Gasteiger partial charge in [-0.2, -0.15) is 0 Å². The van der Waals surface area contributed by atoms with E-state index < -0.39 is 10.0 Å². The number of fused-ring (bicyclic) bond motifs is 1. The van der Waals surface area contributed by atoms with Crippen LogP contribution in [-0.4, -0.2) is 17.4 Å². The van der Waals surface area contributed by atoms with Crippen LogP contribution < -0.4 is 0 Å². The van der Waals surface area contributed by atoms with E-state index in [0.29, 0.717) is 5.65 Å². The van der Waals surface area contributed by atoms with Gasteiger partial charge in [0.05, 0.1) is 4.90 Å². The van der Waals surface area contributed by atoms with E-state index >= 15 is 0 Å². The monoisotopic (exact) mass is 364 g/mol. The van der Waals surface area contributed by atoms with Gasteiger partial charge >= 0.3 is 0 Å². The summed E-state index contributed by atoms with van der Waals surface area (Å²) in [7, 11) is -3.64. The molecule has 0 N–H and O–H groups in total. The van der Waals surface area contributed by atoms with Crippen LogP contribution in [0.3, 0.4) is 0 Å². The predicted octanol–water partition coefficient (Wildman–Crippen LogP) is 3.65. The summed E-state index contributed by atoms with van der Waals surface area (Å²) >= 11 is 3.45. The van der Waals surface area contributed by atoms with Crippen LogP contribution in [-0.2, 0) is 10.0 Å². The zero-order valence-electron chi connectivity index (χ0n) is 11.5. The van der Waals surface area contributed by atoms with Crippen LogP contribution in [0.5, 0.6) is 0 Å². The Balaban J connectivity index is 2.29. The second-order valence-corrected chi connectivity index (χ2v) is 7.59. The molecule has 0 spiro atoms. The first kappa shape index (κ1) is 14.3. The molecule has 0 aliphatic heterocycles. The van der Waals surface area contributed by atoms with E-state index in [0.717, 1.165) is 21.0 Å². The van der Waals surface area contributed by atoms with Gasteiger partial charge in [-0.15, -0.1) is 0 Å². The van der Waals surface area contributed by atoms with Crippen LogP contribution in [0.15, 0.2) is 52.1 Å². The standard InChI is InChI=1S/C15H13BrN2O2S/c1-10-3-5-12(6-4-10)21(19,20)18-9-11(2)14-13(16)7-8-17-15(14)18/h3-9H,1-2H3. The van der Waals surface area contributed by atoms with Crippen molar-refractivity contribution >= 4 is 37.0 Å². The van der Waals surface area contributed by atoms with E-state index in [1.807, 2.05) is 13.8 Å². The fraction of sp³-hybridized carbons (Fsp3) is 0.133. The van der Waals surface area contributed by atoms with Crippen molar-refractivity contribution in [3.8, 4) is 0 Å².